The average molecular weight is 252 g/mol. The summed E-state index contributed by atoms with van der Waals surface area (Å²) in [5, 5.41) is 6.52. The summed E-state index contributed by atoms with van der Waals surface area (Å²) in [5.41, 5.74) is 7.09. The summed E-state index contributed by atoms with van der Waals surface area (Å²) in [6.45, 7) is 1.73. The summed E-state index contributed by atoms with van der Waals surface area (Å²) in [7, 11) is 0. The van der Waals surface area contributed by atoms with Gasteiger partial charge < -0.3 is 15.6 Å². The van der Waals surface area contributed by atoms with Crippen LogP contribution in [0.15, 0.2) is 28.8 Å². The van der Waals surface area contributed by atoms with Crippen molar-refractivity contribution in [1.82, 2.24) is 5.16 Å². The molecule has 0 unspecified atom stereocenters. The van der Waals surface area contributed by atoms with Crippen LogP contribution in [-0.4, -0.2) is 11.1 Å². The number of aromatic nitrogens is 1. The Morgan fingerprint density at radius 3 is 2.94 bits per heavy atom. The van der Waals surface area contributed by atoms with E-state index in [-0.39, 0.29) is 5.76 Å². The SMILES string of the molecule is Cc1cc(C(=O)Nc2cccc(N)c2Cl)on1. The van der Waals surface area contributed by atoms with Crippen LogP contribution in [0.4, 0.5) is 11.4 Å². The Hall–Kier alpha value is -2.01. The molecule has 0 aliphatic rings. The Balaban J connectivity index is 2.21. The second-order valence-electron chi connectivity index (χ2n) is 3.50. The number of halogens is 1. The van der Waals surface area contributed by atoms with E-state index in [9.17, 15) is 4.79 Å². The highest BCUT2D eigenvalue weighted by Gasteiger charge is 2.13. The summed E-state index contributed by atoms with van der Waals surface area (Å²) in [4.78, 5) is 11.7. The van der Waals surface area contributed by atoms with E-state index in [1.54, 1.807) is 25.1 Å². The van der Waals surface area contributed by atoms with Crippen molar-refractivity contribution in [3.63, 3.8) is 0 Å². The van der Waals surface area contributed by atoms with Crippen LogP contribution in [-0.2, 0) is 0 Å². The fourth-order valence-electron chi connectivity index (χ4n) is 1.30. The third kappa shape index (κ3) is 2.39. The van der Waals surface area contributed by atoms with Gasteiger partial charge in [-0.25, -0.2) is 0 Å². The first kappa shape index (κ1) is 11.5. The fourth-order valence-corrected chi connectivity index (χ4v) is 1.47. The lowest BCUT2D eigenvalue weighted by molar-refractivity contribution is 0.0988. The number of anilines is 2. The predicted octanol–water partition coefficient (Wildman–Crippen LogP) is 2.47. The van der Waals surface area contributed by atoms with Crippen molar-refractivity contribution >= 4 is 28.9 Å². The molecule has 3 N–H and O–H groups in total. The maximum absolute atomic E-state index is 11.7. The van der Waals surface area contributed by atoms with Gasteiger partial charge in [0.1, 0.15) is 0 Å². The smallest absolute Gasteiger partial charge is 0.294 e. The zero-order valence-electron chi connectivity index (χ0n) is 9.03. The standard InChI is InChI=1S/C11H10ClN3O2/c1-6-5-9(17-15-6)11(16)14-8-4-2-3-7(13)10(8)12/h2-5H,13H2,1H3,(H,14,16). The van der Waals surface area contributed by atoms with Crippen molar-refractivity contribution in [2.24, 2.45) is 0 Å². The number of nitrogens with one attached hydrogen (secondary N) is 1. The van der Waals surface area contributed by atoms with Crippen LogP contribution in [0, 0.1) is 6.92 Å². The summed E-state index contributed by atoms with van der Waals surface area (Å²) in [6, 6.07) is 6.54. The van der Waals surface area contributed by atoms with Crippen LogP contribution in [0.25, 0.3) is 0 Å². The molecule has 0 aliphatic carbocycles. The molecular weight excluding hydrogens is 242 g/mol. The van der Waals surface area contributed by atoms with E-state index >= 15 is 0 Å². The maximum Gasteiger partial charge on any atom is 0.294 e. The average Bonchev–Trinajstić information content (AvgIpc) is 2.72. The molecule has 88 valence electrons. The van der Waals surface area contributed by atoms with Crippen molar-refractivity contribution in [2.75, 3.05) is 11.1 Å². The van der Waals surface area contributed by atoms with Gasteiger partial charge in [0.05, 0.1) is 22.1 Å². The molecule has 6 heteroatoms. The van der Waals surface area contributed by atoms with E-state index < -0.39 is 5.91 Å². The zero-order valence-corrected chi connectivity index (χ0v) is 9.78. The summed E-state index contributed by atoms with van der Waals surface area (Å²) in [6.07, 6.45) is 0. The largest absolute Gasteiger partial charge is 0.397 e. The van der Waals surface area contributed by atoms with Crippen LogP contribution in [0.3, 0.4) is 0 Å². The van der Waals surface area contributed by atoms with Crippen molar-refractivity contribution < 1.29 is 9.32 Å². The van der Waals surface area contributed by atoms with E-state index in [1.807, 2.05) is 0 Å². The predicted molar refractivity (Wildman–Crippen MR) is 65.1 cm³/mol. The third-order valence-corrected chi connectivity index (χ3v) is 2.55. The van der Waals surface area contributed by atoms with E-state index in [1.165, 1.54) is 6.07 Å². The highest BCUT2D eigenvalue weighted by Crippen LogP contribution is 2.27. The minimum absolute atomic E-state index is 0.126. The first-order valence-electron chi connectivity index (χ1n) is 4.86. The van der Waals surface area contributed by atoms with Gasteiger partial charge in [-0.3, -0.25) is 4.79 Å². The molecule has 1 amide bonds. The number of hydrogen-bond donors (Lipinski definition) is 2. The minimum Gasteiger partial charge on any atom is -0.397 e. The molecule has 1 aromatic heterocycles. The summed E-state index contributed by atoms with van der Waals surface area (Å²) < 4.78 is 4.83. The van der Waals surface area contributed by atoms with Crippen LogP contribution < -0.4 is 11.1 Å². The topological polar surface area (TPSA) is 81.2 Å². The lowest BCUT2D eigenvalue weighted by Gasteiger charge is -2.06. The van der Waals surface area contributed by atoms with Gasteiger partial charge in [-0.2, -0.15) is 0 Å². The number of benzene rings is 1. The van der Waals surface area contributed by atoms with Crippen LogP contribution in [0.1, 0.15) is 16.2 Å². The number of nitrogen functional groups attached to an aromatic ring is 1. The molecule has 0 bridgehead atoms. The molecule has 0 atom stereocenters. The summed E-state index contributed by atoms with van der Waals surface area (Å²) in [5.74, 6) is -0.293. The zero-order chi connectivity index (χ0) is 12.4. The van der Waals surface area contributed by atoms with Crippen LogP contribution in [0.5, 0.6) is 0 Å². The highest BCUT2D eigenvalue weighted by atomic mass is 35.5. The second-order valence-corrected chi connectivity index (χ2v) is 3.87. The van der Waals surface area contributed by atoms with E-state index in [0.717, 1.165) is 0 Å². The number of rotatable bonds is 2. The molecule has 0 fully saturated rings. The second kappa shape index (κ2) is 4.47. The van der Waals surface area contributed by atoms with Gasteiger partial charge >= 0.3 is 0 Å². The van der Waals surface area contributed by atoms with Crippen molar-refractivity contribution in [3.8, 4) is 0 Å². The van der Waals surface area contributed by atoms with E-state index in [2.05, 4.69) is 10.5 Å². The Kier molecular flexibility index (Phi) is 3.01. The number of hydrogen-bond acceptors (Lipinski definition) is 4. The number of carbonyl (C=O) groups is 1. The maximum atomic E-state index is 11.7. The highest BCUT2D eigenvalue weighted by molar-refractivity contribution is 6.36. The van der Waals surface area contributed by atoms with Gasteiger partial charge in [-0.15, -0.1) is 0 Å². The van der Waals surface area contributed by atoms with Gasteiger partial charge in [-0.1, -0.05) is 22.8 Å². The van der Waals surface area contributed by atoms with Crippen molar-refractivity contribution in [1.29, 1.82) is 0 Å². The molecule has 0 aliphatic heterocycles. The van der Waals surface area contributed by atoms with Gasteiger partial charge in [0.25, 0.3) is 5.91 Å². The van der Waals surface area contributed by atoms with Gasteiger partial charge in [0.2, 0.25) is 5.76 Å². The van der Waals surface area contributed by atoms with Gasteiger partial charge in [-0.05, 0) is 19.1 Å². The monoisotopic (exact) mass is 251 g/mol. The van der Waals surface area contributed by atoms with Crippen LogP contribution in [0.2, 0.25) is 5.02 Å². The number of aryl methyl sites for hydroxylation is 1. The number of nitrogens with zero attached hydrogens (tertiary/aromatic N) is 1. The van der Waals surface area contributed by atoms with Crippen molar-refractivity contribution in [2.45, 2.75) is 6.92 Å². The molecule has 1 heterocycles. The number of carbonyl (C=O) groups excluding carboxylic acids is 1. The Morgan fingerprint density at radius 1 is 1.53 bits per heavy atom. The van der Waals surface area contributed by atoms with E-state index in [0.29, 0.717) is 22.1 Å². The van der Waals surface area contributed by atoms with Gasteiger partial charge in [0.15, 0.2) is 0 Å². The first-order chi connectivity index (χ1) is 8.08. The Labute approximate surface area is 103 Å². The molecule has 0 saturated heterocycles. The molecule has 2 aromatic rings. The third-order valence-electron chi connectivity index (χ3n) is 2.13. The number of amides is 1. The molecule has 0 radical (unpaired) electrons. The Bertz CT molecular complexity index is 566. The molecule has 0 saturated carbocycles. The molecule has 2 rings (SSSR count). The first-order valence-corrected chi connectivity index (χ1v) is 5.24. The van der Waals surface area contributed by atoms with Crippen LogP contribution >= 0.6 is 11.6 Å². The molecular formula is C11H10ClN3O2. The number of nitrogens with two attached hydrogens (primary N) is 1. The normalized spacial score (nSPS) is 10.2. The van der Waals surface area contributed by atoms with E-state index in [4.69, 9.17) is 21.9 Å². The van der Waals surface area contributed by atoms with Gasteiger partial charge in [0, 0.05) is 6.07 Å². The molecule has 0 spiro atoms. The fraction of sp³-hybridized carbons (Fsp3) is 0.0909. The lowest BCUT2D eigenvalue weighted by Crippen LogP contribution is -2.11. The lowest BCUT2D eigenvalue weighted by atomic mass is 10.2. The quantitative estimate of drug-likeness (QED) is 0.804. The minimum atomic E-state index is -0.418. The molecule has 1 aromatic carbocycles. The molecule has 17 heavy (non-hydrogen) atoms. The summed E-state index contributed by atoms with van der Waals surface area (Å²) >= 11 is 5.94. The van der Waals surface area contributed by atoms with Crippen molar-refractivity contribution in [3.05, 3.63) is 40.7 Å². The Morgan fingerprint density at radius 2 is 2.29 bits per heavy atom. The molecule has 5 nitrogen and oxygen atoms in total.